The fourth-order valence-corrected chi connectivity index (χ4v) is 2.27. The molecule has 1 aromatic heterocycles. The molecule has 2 N–H and O–H groups in total. The Morgan fingerprint density at radius 3 is 2.88 bits per heavy atom. The molecule has 17 heavy (non-hydrogen) atoms. The van der Waals surface area contributed by atoms with Crippen molar-refractivity contribution in [2.45, 2.75) is 13.5 Å². The third kappa shape index (κ3) is 2.62. The lowest BCUT2D eigenvalue weighted by Crippen LogP contribution is -1.96. The number of thiazole rings is 1. The van der Waals surface area contributed by atoms with Crippen LogP contribution in [0.1, 0.15) is 12.6 Å². The van der Waals surface area contributed by atoms with Crippen LogP contribution in [0.2, 0.25) is 0 Å². The molecule has 0 amide bonds. The van der Waals surface area contributed by atoms with Crippen LogP contribution in [0.4, 0.5) is 4.39 Å². The van der Waals surface area contributed by atoms with E-state index in [9.17, 15) is 4.39 Å². The molecular formula is C12H13FN2OS. The monoisotopic (exact) mass is 252 g/mol. The third-order valence-electron chi connectivity index (χ3n) is 2.24. The number of hydrogen-bond donors (Lipinski definition) is 1. The van der Waals surface area contributed by atoms with E-state index in [-0.39, 0.29) is 11.6 Å². The second kappa shape index (κ2) is 5.25. The predicted molar refractivity (Wildman–Crippen MR) is 66.6 cm³/mol. The van der Waals surface area contributed by atoms with Crippen LogP contribution in [-0.2, 0) is 6.54 Å². The average molecular weight is 252 g/mol. The molecule has 1 aromatic carbocycles. The Morgan fingerprint density at radius 2 is 2.29 bits per heavy atom. The van der Waals surface area contributed by atoms with Gasteiger partial charge in [-0.15, -0.1) is 11.3 Å². The SMILES string of the molecule is CCOc1ccc(-c2nc(CN)cs2)cc1F. The fraction of sp³-hybridized carbons (Fsp3) is 0.250. The first kappa shape index (κ1) is 12.0. The molecule has 5 heteroatoms. The minimum Gasteiger partial charge on any atom is -0.491 e. The van der Waals surface area contributed by atoms with Crippen LogP contribution in [0, 0.1) is 5.82 Å². The van der Waals surface area contributed by atoms with Gasteiger partial charge in [0, 0.05) is 17.5 Å². The summed E-state index contributed by atoms with van der Waals surface area (Å²) in [6.45, 7) is 2.67. The summed E-state index contributed by atoms with van der Waals surface area (Å²) in [7, 11) is 0. The zero-order chi connectivity index (χ0) is 12.3. The molecule has 3 nitrogen and oxygen atoms in total. The van der Waals surface area contributed by atoms with Crippen LogP contribution >= 0.6 is 11.3 Å². The van der Waals surface area contributed by atoms with E-state index in [1.54, 1.807) is 12.1 Å². The van der Waals surface area contributed by atoms with Crippen molar-refractivity contribution in [3.63, 3.8) is 0 Å². The molecule has 0 atom stereocenters. The van der Waals surface area contributed by atoms with Gasteiger partial charge >= 0.3 is 0 Å². The minimum absolute atomic E-state index is 0.270. The Balaban J connectivity index is 2.30. The number of ether oxygens (including phenoxy) is 1. The summed E-state index contributed by atoms with van der Waals surface area (Å²) < 4.78 is 18.8. The van der Waals surface area contributed by atoms with E-state index in [0.717, 1.165) is 16.3 Å². The standard InChI is InChI=1S/C12H13FN2OS/c1-2-16-11-4-3-8(5-10(11)13)12-15-9(6-14)7-17-12/h3-5,7H,2,6,14H2,1H3. The number of rotatable bonds is 4. The molecule has 0 aliphatic heterocycles. The molecular weight excluding hydrogens is 239 g/mol. The molecule has 0 saturated carbocycles. The van der Waals surface area contributed by atoms with Gasteiger partial charge in [-0.3, -0.25) is 0 Å². The van der Waals surface area contributed by atoms with E-state index in [1.165, 1.54) is 17.4 Å². The number of benzene rings is 1. The Hall–Kier alpha value is -1.46. The summed E-state index contributed by atoms with van der Waals surface area (Å²) in [4.78, 5) is 4.30. The minimum atomic E-state index is -0.367. The van der Waals surface area contributed by atoms with Crippen LogP contribution in [0.3, 0.4) is 0 Å². The zero-order valence-electron chi connectivity index (χ0n) is 9.44. The van der Waals surface area contributed by atoms with E-state index >= 15 is 0 Å². The highest BCUT2D eigenvalue weighted by atomic mass is 32.1. The second-order valence-electron chi connectivity index (χ2n) is 3.43. The Labute approximate surface area is 103 Å². The normalized spacial score (nSPS) is 10.5. The van der Waals surface area contributed by atoms with Crippen LogP contribution in [-0.4, -0.2) is 11.6 Å². The van der Waals surface area contributed by atoms with Gasteiger partial charge in [-0.05, 0) is 25.1 Å². The van der Waals surface area contributed by atoms with Gasteiger partial charge in [0.15, 0.2) is 11.6 Å². The van der Waals surface area contributed by atoms with Crippen molar-refractivity contribution in [1.82, 2.24) is 4.98 Å². The van der Waals surface area contributed by atoms with E-state index in [4.69, 9.17) is 10.5 Å². The summed E-state index contributed by atoms with van der Waals surface area (Å²) in [6.07, 6.45) is 0. The van der Waals surface area contributed by atoms with Gasteiger partial charge in [0.25, 0.3) is 0 Å². The summed E-state index contributed by atoms with van der Waals surface area (Å²) in [5, 5.41) is 2.65. The Morgan fingerprint density at radius 1 is 1.47 bits per heavy atom. The van der Waals surface area contributed by atoms with Crippen molar-refractivity contribution in [1.29, 1.82) is 0 Å². The Bertz CT molecular complexity index is 513. The molecule has 90 valence electrons. The molecule has 0 spiro atoms. The lowest BCUT2D eigenvalue weighted by atomic mass is 10.2. The predicted octanol–water partition coefficient (Wildman–Crippen LogP) is 2.81. The molecule has 2 aromatic rings. The smallest absolute Gasteiger partial charge is 0.165 e. The highest BCUT2D eigenvalue weighted by Gasteiger charge is 2.08. The molecule has 1 heterocycles. The molecule has 0 aliphatic carbocycles. The van der Waals surface area contributed by atoms with Crippen LogP contribution in [0.25, 0.3) is 10.6 Å². The first-order valence-electron chi connectivity index (χ1n) is 5.31. The van der Waals surface area contributed by atoms with E-state index in [1.807, 2.05) is 12.3 Å². The molecule has 0 radical (unpaired) electrons. The van der Waals surface area contributed by atoms with Crippen LogP contribution < -0.4 is 10.5 Å². The number of hydrogen-bond acceptors (Lipinski definition) is 4. The quantitative estimate of drug-likeness (QED) is 0.910. The van der Waals surface area contributed by atoms with Gasteiger partial charge in [-0.1, -0.05) is 0 Å². The van der Waals surface area contributed by atoms with E-state index in [0.29, 0.717) is 13.2 Å². The molecule has 0 aliphatic rings. The second-order valence-corrected chi connectivity index (χ2v) is 4.28. The van der Waals surface area contributed by atoms with E-state index in [2.05, 4.69) is 4.98 Å². The van der Waals surface area contributed by atoms with Gasteiger partial charge in [0.05, 0.1) is 12.3 Å². The first-order valence-corrected chi connectivity index (χ1v) is 6.19. The molecule has 0 fully saturated rings. The molecule has 0 unspecified atom stereocenters. The molecule has 0 saturated heterocycles. The van der Waals surface area contributed by atoms with Gasteiger partial charge in [0.1, 0.15) is 5.01 Å². The summed E-state index contributed by atoms with van der Waals surface area (Å²) >= 11 is 1.46. The van der Waals surface area contributed by atoms with E-state index < -0.39 is 0 Å². The first-order chi connectivity index (χ1) is 8.24. The van der Waals surface area contributed by atoms with Crippen molar-refractivity contribution >= 4 is 11.3 Å². The summed E-state index contributed by atoms with van der Waals surface area (Å²) in [5.41, 5.74) is 7.05. The van der Waals surface area contributed by atoms with Crippen LogP contribution in [0.5, 0.6) is 5.75 Å². The summed E-state index contributed by atoms with van der Waals surface area (Å²) in [5.74, 6) is -0.0966. The fourth-order valence-electron chi connectivity index (χ4n) is 1.44. The maximum absolute atomic E-state index is 13.6. The summed E-state index contributed by atoms with van der Waals surface area (Å²) in [6, 6.07) is 4.86. The number of nitrogens with two attached hydrogens (primary N) is 1. The van der Waals surface area contributed by atoms with Gasteiger partial charge < -0.3 is 10.5 Å². The largest absolute Gasteiger partial charge is 0.491 e. The highest BCUT2D eigenvalue weighted by Crippen LogP contribution is 2.27. The van der Waals surface area contributed by atoms with Crippen LogP contribution in [0.15, 0.2) is 23.6 Å². The van der Waals surface area contributed by atoms with Gasteiger partial charge in [-0.2, -0.15) is 0 Å². The Kier molecular flexibility index (Phi) is 3.71. The average Bonchev–Trinajstić information content (AvgIpc) is 2.80. The van der Waals surface area contributed by atoms with Gasteiger partial charge in [0.2, 0.25) is 0 Å². The van der Waals surface area contributed by atoms with Crippen molar-refractivity contribution in [3.8, 4) is 16.3 Å². The van der Waals surface area contributed by atoms with Crippen molar-refractivity contribution < 1.29 is 9.13 Å². The van der Waals surface area contributed by atoms with Crippen molar-refractivity contribution in [3.05, 3.63) is 35.1 Å². The number of aromatic nitrogens is 1. The zero-order valence-corrected chi connectivity index (χ0v) is 10.3. The molecule has 2 rings (SSSR count). The lowest BCUT2D eigenvalue weighted by molar-refractivity contribution is 0.321. The van der Waals surface area contributed by atoms with Crippen molar-refractivity contribution in [2.75, 3.05) is 6.61 Å². The maximum Gasteiger partial charge on any atom is 0.165 e. The maximum atomic E-state index is 13.6. The third-order valence-corrected chi connectivity index (χ3v) is 3.18. The van der Waals surface area contributed by atoms with Gasteiger partial charge in [-0.25, -0.2) is 9.37 Å². The molecule has 0 bridgehead atoms. The number of halogens is 1. The lowest BCUT2D eigenvalue weighted by Gasteiger charge is -2.05. The number of nitrogens with zero attached hydrogens (tertiary/aromatic N) is 1. The highest BCUT2D eigenvalue weighted by molar-refractivity contribution is 7.13. The topological polar surface area (TPSA) is 48.1 Å². The van der Waals surface area contributed by atoms with Crippen molar-refractivity contribution in [2.24, 2.45) is 5.73 Å².